The quantitative estimate of drug-likeness (QED) is 0.321. The van der Waals surface area contributed by atoms with Crippen LogP contribution in [0.5, 0.6) is 0 Å². The van der Waals surface area contributed by atoms with Crippen LogP contribution in [-0.2, 0) is 4.79 Å². The molecule has 1 N–H and O–H groups in total. The SMILES string of the molecule is O=C(CSc1n[nH]c(-c2ccccc2F)n1)N1N=C(c2cc3ccccc3o2)CC1c1ccco1. The number of H-pyrrole nitrogens is 1. The molecule has 0 radical (unpaired) electrons. The summed E-state index contributed by atoms with van der Waals surface area (Å²) in [6, 6.07) is 19.1. The van der Waals surface area contributed by atoms with E-state index in [1.807, 2.05) is 36.4 Å². The van der Waals surface area contributed by atoms with Crippen LogP contribution in [0.1, 0.15) is 24.0 Å². The monoisotopic (exact) mass is 487 g/mol. The Morgan fingerprint density at radius 3 is 2.83 bits per heavy atom. The van der Waals surface area contributed by atoms with Gasteiger partial charge in [-0.3, -0.25) is 9.89 Å². The Labute approximate surface area is 202 Å². The number of fused-ring (bicyclic) bond motifs is 1. The minimum atomic E-state index is -0.401. The first-order valence-electron chi connectivity index (χ1n) is 10.9. The van der Waals surface area contributed by atoms with Gasteiger partial charge in [0.2, 0.25) is 5.16 Å². The van der Waals surface area contributed by atoms with E-state index < -0.39 is 5.82 Å². The highest BCUT2D eigenvalue weighted by molar-refractivity contribution is 7.99. The van der Waals surface area contributed by atoms with Crippen molar-refractivity contribution in [2.24, 2.45) is 5.10 Å². The van der Waals surface area contributed by atoms with Crippen LogP contribution >= 0.6 is 11.8 Å². The summed E-state index contributed by atoms with van der Waals surface area (Å²) >= 11 is 1.15. The largest absolute Gasteiger partial charge is 0.467 e. The van der Waals surface area contributed by atoms with Crippen LogP contribution in [0, 0.1) is 5.82 Å². The van der Waals surface area contributed by atoms with Crippen LogP contribution in [0.4, 0.5) is 4.39 Å². The maximum Gasteiger partial charge on any atom is 0.253 e. The molecule has 0 bridgehead atoms. The second-order valence-corrected chi connectivity index (χ2v) is 8.85. The lowest BCUT2D eigenvalue weighted by atomic mass is 10.1. The Bertz CT molecular complexity index is 1510. The molecule has 4 heterocycles. The van der Waals surface area contributed by atoms with Crippen LogP contribution in [0.2, 0.25) is 0 Å². The van der Waals surface area contributed by atoms with Gasteiger partial charge >= 0.3 is 0 Å². The van der Waals surface area contributed by atoms with Crippen molar-refractivity contribution in [3.63, 3.8) is 0 Å². The fourth-order valence-corrected chi connectivity index (χ4v) is 4.64. The van der Waals surface area contributed by atoms with Crippen LogP contribution in [-0.4, -0.2) is 37.6 Å². The minimum Gasteiger partial charge on any atom is -0.467 e. The Balaban J connectivity index is 1.22. The van der Waals surface area contributed by atoms with Gasteiger partial charge in [0, 0.05) is 11.8 Å². The number of rotatable bonds is 6. The molecule has 1 aliphatic rings. The average Bonchev–Trinajstić information content (AvgIpc) is 3.67. The van der Waals surface area contributed by atoms with Gasteiger partial charge in [0.25, 0.3) is 5.91 Å². The number of carbonyl (C=O) groups is 1. The summed E-state index contributed by atoms with van der Waals surface area (Å²) in [4.78, 5) is 17.5. The van der Waals surface area contributed by atoms with Gasteiger partial charge < -0.3 is 8.83 Å². The summed E-state index contributed by atoms with van der Waals surface area (Å²) in [5.74, 6) is 0.967. The molecule has 0 saturated carbocycles. The number of halogens is 1. The van der Waals surface area contributed by atoms with Crippen LogP contribution in [0.25, 0.3) is 22.4 Å². The zero-order valence-corrected chi connectivity index (χ0v) is 19.0. The molecule has 10 heteroatoms. The van der Waals surface area contributed by atoms with E-state index in [2.05, 4.69) is 20.3 Å². The molecule has 0 aliphatic carbocycles. The van der Waals surface area contributed by atoms with Crippen molar-refractivity contribution < 1.29 is 18.0 Å². The second-order valence-electron chi connectivity index (χ2n) is 7.90. The summed E-state index contributed by atoms with van der Waals surface area (Å²) in [6.45, 7) is 0. The van der Waals surface area contributed by atoms with E-state index >= 15 is 0 Å². The van der Waals surface area contributed by atoms with Crippen molar-refractivity contribution >= 4 is 34.3 Å². The number of furan rings is 2. The topological polar surface area (TPSA) is 101 Å². The predicted molar refractivity (Wildman–Crippen MR) is 128 cm³/mol. The molecule has 3 aromatic heterocycles. The fourth-order valence-electron chi connectivity index (χ4n) is 3.99. The molecule has 1 unspecified atom stereocenters. The molecule has 8 nitrogen and oxygen atoms in total. The van der Waals surface area contributed by atoms with Gasteiger partial charge in [-0.1, -0.05) is 42.1 Å². The summed E-state index contributed by atoms with van der Waals surface area (Å²) in [7, 11) is 0. The lowest BCUT2D eigenvalue weighted by Crippen LogP contribution is -2.28. The predicted octanol–water partition coefficient (Wildman–Crippen LogP) is 5.42. The van der Waals surface area contributed by atoms with E-state index in [-0.39, 0.29) is 17.7 Å². The Morgan fingerprint density at radius 1 is 1.14 bits per heavy atom. The number of aromatic nitrogens is 3. The Kier molecular flexibility index (Phi) is 5.42. The maximum absolute atomic E-state index is 14.0. The highest BCUT2D eigenvalue weighted by atomic mass is 32.2. The number of benzene rings is 2. The van der Waals surface area contributed by atoms with Gasteiger partial charge in [0.15, 0.2) is 11.6 Å². The zero-order valence-electron chi connectivity index (χ0n) is 18.2. The average molecular weight is 488 g/mol. The zero-order chi connectivity index (χ0) is 23.8. The first kappa shape index (κ1) is 21.4. The molecule has 174 valence electrons. The normalized spacial score (nSPS) is 15.6. The van der Waals surface area contributed by atoms with Gasteiger partial charge in [-0.25, -0.2) is 14.4 Å². The molecule has 1 atom stereocenters. The first-order chi connectivity index (χ1) is 17.2. The third kappa shape index (κ3) is 4.12. The highest BCUT2D eigenvalue weighted by Crippen LogP contribution is 2.35. The number of amides is 1. The molecule has 35 heavy (non-hydrogen) atoms. The van der Waals surface area contributed by atoms with Crippen molar-refractivity contribution in [2.75, 3.05) is 5.75 Å². The number of hydrogen-bond acceptors (Lipinski definition) is 7. The lowest BCUT2D eigenvalue weighted by Gasteiger charge is -2.19. The van der Waals surface area contributed by atoms with Crippen molar-refractivity contribution in [2.45, 2.75) is 17.6 Å². The molecule has 0 saturated heterocycles. The van der Waals surface area contributed by atoms with E-state index in [0.717, 1.165) is 22.7 Å². The van der Waals surface area contributed by atoms with Crippen LogP contribution in [0.3, 0.4) is 0 Å². The molecule has 0 fully saturated rings. The van der Waals surface area contributed by atoms with Crippen LogP contribution in [0.15, 0.2) is 92.1 Å². The molecule has 1 aliphatic heterocycles. The van der Waals surface area contributed by atoms with Gasteiger partial charge in [-0.05, 0) is 36.4 Å². The number of hydrogen-bond donors (Lipinski definition) is 1. The summed E-state index contributed by atoms with van der Waals surface area (Å²) < 4.78 is 25.6. The van der Waals surface area contributed by atoms with Gasteiger partial charge in [0.05, 0.1) is 17.6 Å². The number of carbonyl (C=O) groups excluding carboxylic acids is 1. The number of aromatic amines is 1. The molecular formula is C25H18FN5O3S. The number of thioether (sulfide) groups is 1. The first-order valence-corrected chi connectivity index (χ1v) is 11.9. The second kappa shape index (κ2) is 8.88. The number of nitrogens with one attached hydrogen (secondary N) is 1. The Hall–Kier alpha value is -4.18. The molecule has 0 spiro atoms. The lowest BCUT2D eigenvalue weighted by molar-refractivity contribution is -0.130. The molecule has 6 rings (SSSR count). The Morgan fingerprint density at radius 2 is 2.00 bits per heavy atom. The summed E-state index contributed by atoms with van der Waals surface area (Å²) in [5, 5.41) is 14.2. The van der Waals surface area contributed by atoms with Crippen LogP contribution < -0.4 is 0 Å². The summed E-state index contributed by atoms with van der Waals surface area (Å²) in [5.41, 5.74) is 1.74. The molecular weight excluding hydrogens is 469 g/mol. The van der Waals surface area contributed by atoms with Gasteiger partial charge in [0.1, 0.15) is 28.9 Å². The van der Waals surface area contributed by atoms with Crippen molar-refractivity contribution in [1.82, 2.24) is 20.2 Å². The fraction of sp³-hybridized carbons (Fsp3) is 0.120. The standard InChI is InChI=1S/C25H18FN5O3S/c26-17-8-3-2-7-16(17)24-27-25(29-28-24)35-14-23(32)31-19(21-10-5-11-33-21)13-18(30-31)22-12-15-6-1-4-9-20(15)34-22/h1-12,19H,13-14H2,(H,27,28,29). The summed E-state index contributed by atoms with van der Waals surface area (Å²) in [6.07, 6.45) is 2.03. The third-order valence-corrected chi connectivity index (χ3v) is 6.50. The van der Waals surface area contributed by atoms with Crippen molar-refractivity contribution in [1.29, 1.82) is 0 Å². The number of hydrazone groups is 1. The van der Waals surface area contributed by atoms with E-state index in [0.29, 0.717) is 40.2 Å². The van der Waals surface area contributed by atoms with E-state index in [4.69, 9.17) is 8.83 Å². The van der Waals surface area contributed by atoms with E-state index in [1.165, 1.54) is 11.1 Å². The third-order valence-electron chi connectivity index (χ3n) is 5.67. The van der Waals surface area contributed by atoms with Gasteiger partial charge in [-0.15, -0.1) is 5.10 Å². The molecule has 1 amide bonds. The molecule has 5 aromatic rings. The van der Waals surface area contributed by atoms with Gasteiger partial charge in [-0.2, -0.15) is 5.10 Å². The van der Waals surface area contributed by atoms with E-state index in [9.17, 15) is 9.18 Å². The minimum absolute atomic E-state index is 0.0443. The van der Waals surface area contributed by atoms with E-state index in [1.54, 1.807) is 30.5 Å². The number of para-hydroxylation sites is 1. The van der Waals surface area contributed by atoms with Crippen molar-refractivity contribution in [3.05, 3.63) is 90.3 Å². The highest BCUT2D eigenvalue weighted by Gasteiger charge is 2.36. The smallest absolute Gasteiger partial charge is 0.253 e. The maximum atomic E-state index is 14.0. The number of nitrogens with zero attached hydrogens (tertiary/aromatic N) is 4. The molecule has 2 aromatic carbocycles. The van der Waals surface area contributed by atoms with Crippen molar-refractivity contribution in [3.8, 4) is 11.4 Å².